The van der Waals surface area contributed by atoms with Crippen molar-refractivity contribution in [2.45, 2.75) is 63.8 Å². The van der Waals surface area contributed by atoms with Gasteiger partial charge in [0.15, 0.2) is 17.2 Å². The number of hydrogen-bond donors (Lipinski definition) is 3. The van der Waals surface area contributed by atoms with Crippen molar-refractivity contribution in [1.29, 1.82) is 0 Å². The van der Waals surface area contributed by atoms with Gasteiger partial charge < -0.3 is 15.3 Å². The third kappa shape index (κ3) is 2.21. The summed E-state index contributed by atoms with van der Waals surface area (Å²) in [5.74, 6) is -2.47. The van der Waals surface area contributed by atoms with Gasteiger partial charge in [0, 0.05) is 16.7 Å². The van der Waals surface area contributed by atoms with Gasteiger partial charge in [-0.15, -0.1) is 0 Å². The number of hydrogen-bond acceptors (Lipinski definition) is 5. The minimum absolute atomic E-state index is 0.0257. The molecule has 3 saturated carbocycles. The fourth-order valence-electron chi connectivity index (χ4n) is 7.34. The zero-order chi connectivity index (χ0) is 21.6. The smallest absolute Gasteiger partial charge is 0.196 e. The number of aliphatic hydroxyl groups excluding tert-OH is 2. The molecular formula is C22H28ClFO5. The summed E-state index contributed by atoms with van der Waals surface area (Å²) in [6.07, 6.45) is 2.44. The molecular weight excluding hydrogens is 399 g/mol. The monoisotopic (exact) mass is 426 g/mol. The molecule has 0 unspecified atom stereocenters. The molecule has 4 aliphatic carbocycles. The Balaban J connectivity index is 1.86. The van der Waals surface area contributed by atoms with Crippen LogP contribution in [-0.4, -0.2) is 50.9 Å². The molecule has 8 atom stereocenters. The molecule has 0 heterocycles. The summed E-state index contributed by atoms with van der Waals surface area (Å²) in [5.41, 5.74) is -5.66. The normalized spacial score (nSPS) is 51.5. The van der Waals surface area contributed by atoms with Crippen LogP contribution in [0.2, 0.25) is 0 Å². The largest absolute Gasteiger partial charge is 0.390 e. The van der Waals surface area contributed by atoms with E-state index in [1.807, 2.05) is 0 Å². The molecule has 4 aliphatic rings. The van der Waals surface area contributed by atoms with Crippen molar-refractivity contribution in [2.24, 2.45) is 28.6 Å². The number of rotatable bonds is 2. The topological polar surface area (TPSA) is 94.8 Å². The van der Waals surface area contributed by atoms with E-state index in [-0.39, 0.29) is 23.2 Å². The van der Waals surface area contributed by atoms with Crippen LogP contribution >= 0.6 is 11.6 Å². The Kier molecular flexibility index (Phi) is 4.54. The van der Waals surface area contributed by atoms with E-state index in [0.29, 0.717) is 24.8 Å². The van der Waals surface area contributed by atoms with Gasteiger partial charge in [0.2, 0.25) is 0 Å². The predicted molar refractivity (Wildman–Crippen MR) is 105 cm³/mol. The van der Waals surface area contributed by atoms with E-state index in [9.17, 15) is 24.9 Å². The Morgan fingerprint density at radius 2 is 2.00 bits per heavy atom. The van der Waals surface area contributed by atoms with Crippen LogP contribution in [-0.2, 0) is 9.59 Å². The van der Waals surface area contributed by atoms with Gasteiger partial charge in [-0.3, -0.25) is 9.59 Å². The lowest BCUT2D eigenvalue weighted by atomic mass is 9.44. The van der Waals surface area contributed by atoms with E-state index in [4.69, 9.17) is 11.6 Å². The number of allylic oxidation sites excluding steroid dienone is 4. The number of ketones is 2. The zero-order valence-electron chi connectivity index (χ0n) is 16.9. The summed E-state index contributed by atoms with van der Waals surface area (Å²) in [6.45, 7) is 4.36. The lowest BCUT2D eigenvalue weighted by Crippen LogP contribution is -2.69. The van der Waals surface area contributed by atoms with Crippen molar-refractivity contribution in [3.63, 3.8) is 0 Å². The first-order valence-electron chi connectivity index (χ1n) is 10.3. The fourth-order valence-corrected chi connectivity index (χ4v) is 7.69. The van der Waals surface area contributed by atoms with E-state index in [2.05, 4.69) is 0 Å². The molecule has 5 nitrogen and oxygen atoms in total. The minimum Gasteiger partial charge on any atom is -0.390 e. The Hall–Kier alpha value is -1.08. The third-order valence-corrected chi connectivity index (χ3v) is 9.30. The summed E-state index contributed by atoms with van der Waals surface area (Å²) in [7, 11) is 0. The molecule has 0 aromatic carbocycles. The molecule has 0 aliphatic heterocycles. The second-order valence-electron chi connectivity index (χ2n) is 9.83. The maximum absolute atomic E-state index is 17.0. The lowest BCUT2D eigenvalue weighted by Gasteiger charge is -2.62. The van der Waals surface area contributed by atoms with Gasteiger partial charge in [-0.1, -0.05) is 31.5 Å². The van der Waals surface area contributed by atoms with Crippen molar-refractivity contribution in [2.75, 3.05) is 6.61 Å². The summed E-state index contributed by atoms with van der Waals surface area (Å²) in [5, 5.41) is 32.1. The average molecular weight is 427 g/mol. The van der Waals surface area contributed by atoms with E-state index in [1.54, 1.807) is 20.8 Å². The molecule has 0 amide bonds. The molecule has 0 saturated heterocycles. The van der Waals surface area contributed by atoms with Gasteiger partial charge in [-0.05, 0) is 56.1 Å². The maximum Gasteiger partial charge on any atom is 0.196 e. The standard InChI is InChI=1S/C22H28ClFO5/c1-11-8-14-12-4-5-13-18(23)15(26)6-7-19(13,2)21(12,24)16(27)9-20(14,3)22(11,29)17(28)10-25/h6-7,11-12,14,16,25,27,29H,4-5,8-10H2,1-3H3/t11-,12-,14-,16-,19-,20-,21-,22-/m0/s1. The molecule has 0 radical (unpaired) electrons. The van der Waals surface area contributed by atoms with Crippen LogP contribution < -0.4 is 0 Å². The first-order valence-corrected chi connectivity index (χ1v) is 10.6. The highest BCUT2D eigenvalue weighted by Crippen LogP contribution is 2.71. The highest BCUT2D eigenvalue weighted by Gasteiger charge is 2.75. The molecule has 4 rings (SSSR count). The van der Waals surface area contributed by atoms with Gasteiger partial charge in [-0.2, -0.15) is 0 Å². The number of carbonyl (C=O) groups excluding carboxylic acids is 2. The van der Waals surface area contributed by atoms with E-state index in [1.165, 1.54) is 12.2 Å². The Morgan fingerprint density at radius 3 is 2.62 bits per heavy atom. The number of halogens is 2. The molecule has 0 spiro atoms. The minimum atomic E-state index is -2.07. The molecule has 29 heavy (non-hydrogen) atoms. The number of carbonyl (C=O) groups is 2. The van der Waals surface area contributed by atoms with Crippen LogP contribution in [0.4, 0.5) is 4.39 Å². The van der Waals surface area contributed by atoms with Crippen LogP contribution in [0.25, 0.3) is 0 Å². The van der Waals surface area contributed by atoms with E-state index < -0.39 is 52.4 Å². The molecule has 160 valence electrons. The van der Waals surface area contributed by atoms with Crippen LogP contribution in [0.3, 0.4) is 0 Å². The second-order valence-corrected chi connectivity index (χ2v) is 10.2. The number of aliphatic hydroxyl groups is 3. The summed E-state index contributed by atoms with van der Waals surface area (Å²) >= 11 is 6.26. The van der Waals surface area contributed by atoms with Gasteiger partial charge in [0.25, 0.3) is 0 Å². The summed E-state index contributed by atoms with van der Waals surface area (Å²) in [6, 6.07) is 0. The molecule has 0 bridgehead atoms. The first kappa shape index (κ1) is 21.2. The average Bonchev–Trinajstić information content (AvgIpc) is 2.87. The van der Waals surface area contributed by atoms with Crippen LogP contribution in [0, 0.1) is 28.6 Å². The SMILES string of the molecule is C[C@H]1C[C@H]2[C@@H]3CCC4=C(Cl)C(=O)C=C[C@]4(C)[C@@]3(F)[C@@H](O)C[C@]2(C)[C@@]1(O)C(=O)CO. The van der Waals surface area contributed by atoms with Crippen molar-refractivity contribution in [3.05, 3.63) is 22.8 Å². The Bertz CT molecular complexity index is 854. The first-order chi connectivity index (χ1) is 13.4. The van der Waals surface area contributed by atoms with Crippen LogP contribution in [0.15, 0.2) is 22.8 Å². The van der Waals surface area contributed by atoms with Crippen LogP contribution in [0.5, 0.6) is 0 Å². The number of Topliss-reactive ketones (excluding diaryl/α,β-unsaturated/α-hetero) is 1. The Labute approximate surface area is 174 Å². The molecule has 0 aromatic rings. The highest BCUT2D eigenvalue weighted by molar-refractivity contribution is 6.45. The van der Waals surface area contributed by atoms with Crippen molar-refractivity contribution >= 4 is 23.2 Å². The maximum atomic E-state index is 17.0. The molecule has 0 aromatic heterocycles. The summed E-state index contributed by atoms with van der Waals surface area (Å²) < 4.78 is 17.0. The fraction of sp³-hybridized carbons (Fsp3) is 0.727. The quantitative estimate of drug-likeness (QED) is 0.630. The highest BCUT2D eigenvalue weighted by atomic mass is 35.5. The van der Waals surface area contributed by atoms with Gasteiger partial charge in [0.05, 0.1) is 11.1 Å². The number of alkyl halides is 1. The van der Waals surface area contributed by atoms with E-state index >= 15 is 4.39 Å². The van der Waals surface area contributed by atoms with Crippen LogP contribution in [0.1, 0.15) is 46.5 Å². The van der Waals surface area contributed by atoms with Gasteiger partial charge >= 0.3 is 0 Å². The molecule has 7 heteroatoms. The van der Waals surface area contributed by atoms with Crippen molar-refractivity contribution < 1.29 is 29.3 Å². The predicted octanol–water partition coefficient (Wildman–Crippen LogP) is 2.46. The van der Waals surface area contributed by atoms with Gasteiger partial charge in [0.1, 0.15) is 12.2 Å². The van der Waals surface area contributed by atoms with Crippen molar-refractivity contribution in [3.8, 4) is 0 Å². The number of fused-ring (bicyclic) bond motifs is 5. The van der Waals surface area contributed by atoms with E-state index in [0.717, 1.165) is 0 Å². The molecule has 3 fully saturated rings. The molecule has 3 N–H and O–H groups in total. The second kappa shape index (κ2) is 6.22. The third-order valence-electron chi connectivity index (χ3n) is 8.88. The summed E-state index contributed by atoms with van der Waals surface area (Å²) in [4.78, 5) is 24.6. The lowest BCUT2D eigenvalue weighted by molar-refractivity contribution is -0.219. The van der Waals surface area contributed by atoms with Crippen molar-refractivity contribution in [1.82, 2.24) is 0 Å². The zero-order valence-corrected chi connectivity index (χ0v) is 17.7. The van der Waals surface area contributed by atoms with Gasteiger partial charge in [-0.25, -0.2) is 4.39 Å². The Morgan fingerprint density at radius 1 is 1.34 bits per heavy atom.